The van der Waals surface area contributed by atoms with E-state index in [0.717, 1.165) is 0 Å². The highest BCUT2D eigenvalue weighted by atomic mass is 32.3. The molecule has 0 saturated carbocycles. The van der Waals surface area contributed by atoms with Gasteiger partial charge in [0.25, 0.3) is 16.1 Å². The molecule has 0 saturated heterocycles. The van der Waals surface area contributed by atoms with Gasteiger partial charge in [-0.3, -0.25) is 4.28 Å². The fraction of sp³-hybridized carbons (Fsp3) is 0.306. The Kier molecular flexibility index (Phi) is 16.0. The number of unbranched alkanes of at least 4 members (excludes halogenated alkanes) is 2. The highest BCUT2D eigenvalue weighted by Crippen LogP contribution is 2.22. The van der Waals surface area contributed by atoms with E-state index in [1.807, 2.05) is 0 Å². The summed E-state index contributed by atoms with van der Waals surface area (Å²) in [5.41, 5.74) is 1.67. The Balaban J connectivity index is 0.000000267. The molecular weight excluding hydrogens is 639 g/mol. The van der Waals surface area contributed by atoms with Crippen LogP contribution in [0.3, 0.4) is 0 Å². The van der Waals surface area contributed by atoms with Gasteiger partial charge in [-0.25, -0.2) is 9.59 Å². The maximum atomic E-state index is 12.1. The molecule has 0 unspecified atom stereocenters. The Morgan fingerprint density at radius 1 is 0.702 bits per heavy atom. The molecule has 11 heteroatoms. The average Bonchev–Trinajstić information content (AvgIpc) is 3.08. The van der Waals surface area contributed by atoms with Gasteiger partial charge in [0.2, 0.25) is 0 Å². The van der Waals surface area contributed by atoms with E-state index in [1.54, 1.807) is 66.2 Å². The SMILES string of the molecule is CCCC[S+](CCCC)Cc1cccc2ccccc12.O=C(OCc1ccccc1)C(=NOS(=O)(=O)[O-])C(=O)OCc1ccccc1. The van der Waals surface area contributed by atoms with Gasteiger partial charge in [-0.05, 0) is 45.6 Å². The minimum atomic E-state index is -5.27. The van der Waals surface area contributed by atoms with Crippen molar-refractivity contribution in [3.8, 4) is 0 Å². The Hall–Kier alpha value is -4.19. The van der Waals surface area contributed by atoms with E-state index >= 15 is 0 Å². The molecule has 0 amide bonds. The largest absolute Gasteiger partial charge is 0.714 e. The summed E-state index contributed by atoms with van der Waals surface area (Å²) in [6, 6.07) is 32.6. The molecule has 0 fully saturated rings. The number of oxime groups is 1. The summed E-state index contributed by atoms with van der Waals surface area (Å²) >= 11 is 0. The van der Waals surface area contributed by atoms with E-state index in [4.69, 9.17) is 9.47 Å². The maximum absolute atomic E-state index is 12.1. The van der Waals surface area contributed by atoms with Gasteiger partial charge in [-0.2, -0.15) is 8.42 Å². The molecule has 4 aromatic rings. The standard InChI is InChI=1S/C19H27S.C17H15NO8S/c1-3-5-14-20(15-6-4-2)16-18-12-9-11-17-10-7-8-13-19(17)18;19-16(24-11-13-7-3-1-4-8-13)15(18-26-27(21,22)23)17(20)25-12-14-9-5-2-6-10-14/h7-13H,3-6,14-16H2,1-2H3;1-10H,11-12H2,(H,21,22,23)/q+1;/p-1. The molecule has 0 heterocycles. The number of carbonyl (C=O) groups is 2. The first-order valence-corrected chi connectivity index (χ1v) is 18.5. The van der Waals surface area contributed by atoms with Gasteiger partial charge >= 0.3 is 11.9 Å². The Morgan fingerprint density at radius 3 is 1.70 bits per heavy atom. The van der Waals surface area contributed by atoms with Gasteiger partial charge in [0, 0.05) is 5.56 Å². The maximum Gasteiger partial charge on any atom is 0.368 e. The second-order valence-corrected chi connectivity index (χ2v) is 13.9. The third kappa shape index (κ3) is 14.0. The second-order valence-electron chi connectivity index (χ2n) is 10.6. The number of hydrogen-bond donors (Lipinski definition) is 0. The van der Waals surface area contributed by atoms with Gasteiger partial charge in [0.1, 0.15) is 30.5 Å². The first-order valence-electron chi connectivity index (χ1n) is 15.5. The van der Waals surface area contributed by atoms with Gasteiger partial charge in [0.05, 0.1) is 0 Å². The normalized spacial score (nSPS) is 10.9. The molecule has 9 nitrogen and oxygen atoms in total. The fourth-order valence-corrected chi connectivity index (χ4v) is 7.15. The van der Waals surface area contributed by atoms with Crippen LogP contribution in [0.1, 0.15) is 56.2 Å². The van der Waals surface area contributed by atoms with Gasteiger partial charge in [-0.1, -0.05) is 135 Å². The van der Waals surface area contributed by atoms with Crippen LogP contribution in [0.5, 0.6) is 0 Å². The van der Waals surface area contributed by atoms with Crippen LogP contribution in [0.4, 0.5) is 0 Å². The van der Waals surface area contributed by atoms with Crippen LogP contribution in [0.15, 0.2) is 108 Å². The third-order valence-electron chi connectivity index (χ3n) is 6.84. The number of benzene rings is 4. The molecule has 4 rings (SSSR count). The molecule has 4 aromatic carbocycles. The monoisotopic (exact) mass is 679 g/mol. The lowest BCUT2D eigenvalue weighted by Crippen LogP contribution is -2.29. The summed E-state index contributed by atoms with van der Waals surface area (Å²) in [6.45, 7) is 4.18. The van der Waals surface area contributed by atoms with Crippen LogP contribution in [0.25, 0.3) is 10.8 Å². The number of rotatable bonds is 16. The van der Waals surface area contributed by atoms with Crippen LogP contribution < -0.4 is 0 Å². The van der Waals surface area contributed by atoms with Crippen LogP contribution in [-0.4, -0.2) is 42.1 Å². The molecule has 250 valence electrons. The Morgan fingerprint density at radius 2 is 1.19 bits per heavy atom. The predicted molar refractivity (Wildman–Crippen MR) is 185 cm³/mol. The highest BCUT2D eigenvalue weighted by Gasteiger charge is 2.26. The highest BCUT2D eigenvalue weighted by molar-refractivity contribution is 7.96. The molecule has 0 atom stereocenters. The number of hydrogen-bond acceptors (Lipinski definition) is 9. The summed E-state index contributed by atoms with van der Waals surface area (Å²) in [5.74, 6) is 1.50. The number of esters is 2. The fourth-order valence-electron chi connectivity index (χ4n) is 4.41. The van der Waals surface area contributed by atoms with Crippen molar-refractivity contribution in [3.05, 3.63) is 120 Å². The van der Waals surface area contributed by atoms with Crippen molar-refractivity contribution in [2.45, 2.75) is 58.5 Å². The molecule has 47 heavy (non-hydrogen) atoms. The zero-order valence-electron chi connectivity index (χ0n) is 26.7. The molecule has 0 spiro atoms. The lowest BCUT2D eigenvalue weighted by Gasteiger charge is -2.10. The first kappa shape index (κ1) is 37.3. The number of nitrogens with zero attached hydrogens (tertiary/aromatic N) is 1. The zero-order valence-corrected chi connectivity index (χ0v) is 28.3. The Bertz CT molecular complexity index is 1610. The van der Waals surface area contributed by atoms with Gasteiger partial charge in [-0.15, -0.1) is 0 Å². The van der Waals surface area contributed by atoms with E-state index < -0.39 is 28.0 Å². The topological polar surface area (TPSA) is 131 Å². The molecule has 0 aliphatic carbocycles. The predicted octanol–water partition coefficient (Wildman–Crippen LogP) is 6.86. The smallest absolute Gasteiger partial charge is 0.368 e. The van der Waals surface area contributed by atoms with E-state index in [9.17, 15) is 22.6 Å². The van der Waals surface area contributed by atoms with Crippen molar-refractivity contribution < 1.29 is 36.3 Å². The zero-order chi connectivity index (χ0) is 33.9. The molecule has 0 N–H and O–H groups in total. The molecular formula is C36H41NO8S2. The van der Waals surface area contributed by atoms with E-state index in [2.05, 4.69) is 65.8 Å². The van der Waals surface area contributed by atoms with Crippen molar-refractivity contribution in [2.75, 3.05) is 11.5 Å². The molecule has 0 aromatic heterocycles. The quantitative estimate of drug-likeness (QED) is 0.0239. The van der Waals surface area contributed by atoms with Crippen LogP contribution in [0.2, 0.25) is 0 Å². The van der Waals surface area contributed by atoms with E-state index in [-0.39, 0.29) is 13.2 Å². The number of fused-ring (bicyclic) bond motifs is 1. The molecule has 0 radical (unpaired) electrons. The van der Waals surface area contributed by atoms with E-state index in [0.29, 0.717) is 22.0 Å². The average molecular weight is 680 g/mol. The summed E-state index contributed by atoms with van der Waals surface area (Å²) in [4.78, 5) is 24.1. The minimum Gasteiger partial charge on any atom is -0.714 e. The summed E-state index contributed by atoms with van der Waals surface area (Å²) in [5, 5.41) is 5.63. The minimum absolute atomic E-state index is 0.214. The molecule has 0 bridgehead atoms. The second kappa shape index (κ2) is 20.1. The van der Waals surface area contributed by atoms with Gasteiger partial charge in [0.15, 0.2) is 0 Å². The Labute approximate surface area is 280 Å². The number of carbonyl (C=O) groups excluding carboxylic acids is 2. The molecule has 0 aliphatic rings. The molecule has 0 aliphatic heterocycles. The van der Waals surface area contributed by atoms with Crippen molar-refractivity contribution in [1.82, 2.24) is 0 Å². The van der Waals surface area contributed by atoms with Crippen molar-refractivity contribution in [3.63, 3.8) is 0 Å². The summed E-state index contributed by atoms with van der Waals surface area (Å²) in [6.07, 6.45) is 5.42. The lowest BCUT2D eigenvalue weighted by atomic mass is 10.1. The first-order chi connectivity index (χ1) is 22.7. The number of ether oxygens (including phenoxy) is 2. The van der Waals surface area contributed by atoms with Crippen LogP contribution in [0, 0.1) is 0 Å². The lowest BCUT2D eigenvalue weighted by molar-refractivity contribution is -0.142. The van der Waals surface area contributed by atoms with Gasteiger partial charge < -0.3 is 14.0 Å². The van der Waals surface area contributed by atoms with Crippen LogP contribution in [-0.2, 0) is 63.6 Å². The van der Waals surface area contributed by atoms with E-state index in [1.165, 1.54) is 53.7 Å². The summed E-state index contributed by atoms with van der Waals surface area (Å²) in [7, 11) is -4.70. The van der Waals surface area contributed by atoms with Crippen LogP contribution >= 0.6 is 0 Å². The van der Waals surface area contributed by atoms with Crippen molar-refractivity contribution in [1.29, 1.82) is 0 Å². The third-order valence-corrected chi connectivity index (χ3v) is 9.55. The van der Waals surface area contributed by atoms with Crippen molar-refractivity contribution in [2.24, 2.45) is 5.16 Å². The summed E-state index contributed by atoms with van der Waals surface area (Å²) < 4.78 is 45.1. The van der Waals surface area contributed by atoms with Crippen molar-refractivity contribution >= 4 is 49.7 Å².